The summed E-state index contributed by atoms with van der Waals surface area (Å²) >= 11 is 0. The Balaban J connectivity index is 1.78. The van der Waals surface area contributed by atoms with Gasteiger partial charge < -0.3 is 25.2 Å². The topological polar surface area (TPSA) is 86.6 Å². The maximum absolute atomic E-state index is 11.9. The van der Waals surface area contributed by atoms with Gasteiger partial charge in [-0.3, -0.25) is 9.59 Å². The van der Waals surface area contributed by atoms with Gasteiger partial charge in [0, 0.05) is 51.0 Å². The summed E-state index contributed by atoms with van der Waals surface area (Å²) in [6, 6.07) is 10.8. The number of carbonyl (C=O) groups is 2. The number of aliphatic hydroxyl groups is 1. The van der Waals surface area contributed by atoms with Gasteiger partial charge in [0.1, 0.15) is 0 Å². The number of rotatable bonds is 6. The van der Waals surface area contributed by atoms with E-state index >= 15 is 0 Å². The van der Waals surface area contributed by atoms with Crippen molar-refractivity contribution in [3.05, 3.63) is 48.3 Å². The Morgan fingerprint density at radius 1 is 1.16 bits per heavy atom. The minimum atomic E-state index is -0.731. The third-order valence-electron chi connectivity index (χ3n) is 3.88. The number of hydrogen-bond donors (Lipinski definition) is 3. The van der Waals surface area contributed by atoms with Crippen LogP contribution in [0.5, 0.6) is 0 Å². The number of nitrogens with zero attached hydrogens (tertiary/aromatic N) is 2. The number of benzene rings is 1. The summed E-state index contributed by atoms with van der Waals surface area (Å²) < 4.78 is 1.82. The van der Waals surface area contributed by atoms with E-state index in [4.69, 9.17) is 0 Å². The summed E-state index contributed by atoms with van der Waals surface area (Å²) in [6.45, 7) is 0.207. The van der Waals surface area contributed by atoms with E-state index in [0.29, 0.717) is 12.1 Å². The maximum atomic E-state index is 11.9. The predicted octanol–water partition coefficient (Wildman–Crippen LogP) is 1.27. The molecule has 0 aliphatic carbocycles. The molecule has 3 N–H and O–H groups in total. The number of anilines is 2. The smallest absolute Gasteiger partial charge is 0.313 e. The number of aromatic nitrogens is 1. The summed E-state index contributed by atoms with van der Waals surface area (Å²) in [6.07, 6.45) is 1.47. The van der Waals surface area contributed by atoms with Gasteiger partial charge >= 0.3 is 11.8 Å². The molecule has 0 saturated heterocycles. The van der Waals surface area contributed by atoms with Crippen LogP contribution in [-0.2, 0) is 16.6 Å². The van der Waals surface area contributed by atoms with Crippen LogP contribution in [0.1, 0.15) is 18.2 Å². The van der Waals surface area contributed by atoms with E-state index in [1.54, 1.807) is 12.1 Å². The molecule has 2 amide bonds. The van der Waals surface area contributed by atoms with Gasteiger partial charge in [0.25, 0.3) is 0 Å². The molecule has 0 fully saturated rings. The van der Waals surface area contributed by atoms with E-state index in [0.717, 1.165) is 11.4 Å². The zero-order valence-electron chi connectivity index (χ0n) is 14.7. The van der Waals surface area contributed by atoms with Crippen molar-refractivity contribution in [2.24, 2.45) is 7.05 Å². The molecule has 1 aromatic carbocycles. The second-order valence-electron chi connectivity index (χ2n) is 6.00. The molecule has 1 heterocycles. The SMILES string of the molecule is CN(C)c1ccc(NC(=O)C(=O)NCCC(O)c2cccn2C)cc1. The van der Waals surface area contributed by atoms with Crippen LogP contribution < -0.4 is 15.5 Å². The van der Waals surface area contributed by atoms with E-state index in [-0.39, 0.29) is 6.54 Å². The molecule has 1 atom stereocenters. The van der Waals surface area contributed by atoms with Gasteiger partial charge in [0.2, 0.25) is 0 Å². The fourth-order valence-electron chi connectivity index (χ4n) is 2.40. The van der Waals surface area contributed by atoms with Gasteiger partial charge in [-0.2, -0.15) is 0 Å². The van der Waals surface area contributed by atoms with Crippen molar-refractivity contribution >= 4 is 23.2 Å². The molecule has 7 nitrogen and oxygen atoms in total. The summed E-state index contributed by atoms with van der Waals surface area (Å²) in [5.41, 5.74) is 2.31. The first kappa shape index (κ1) is 18.5. The van der Waals surface area contributed by atoms with Gasteiger partial charge in [-0.1, -0.05) is 0 Å². The first-order valence-electron chi connectivity index (χ1n) is 8.04. The third-order valence-corrected chi connectivity index (χ3v) is 3.88. The number of carbonyl (C=O) groups excluding carboxylic acids is 2. The molecule has 134 valence electrons. The highest BCUT2D eigenvalue weighted by atomic mass is 16.3. The lowest BCUT2D eigenvalue weighted by Gasteiger charge is -2.13. The van der Waals surface area contributed by atoms with Crippen LogP contribution in [0.25, 0.3) is 0 Å². The summed E-state index contributed by atoms with van der Waals surface area (Å²) in [5, 5.41) is 15.1. The Morgan fingerprint density at radius 3 is 2.40 bits per heavy atom. The Hall–Kier alpha value is -2.80. The fourth-order valence-corrected chi connectivity index (χ4v) is 2.40. The first-order chi connectivity index (χ1) is 11.9. The van der Waals surface area contributed by atoms with Gasteiger partial charge in [-0.15, -0.1) is 0 Å². The van der Waals surface area contributed by atoms with Crippen molar-refractivity contribution in [1.82, 2.24) is 9.88 Å². The minimum absolute atomic E-state index is 0.207. The van der Waals surface area contributed by atoms with Gasteiger partial charge in [0.15, 0.2) is 0 Å². The quantitative estimate of drug-likeness (QED) is 0.689. The number of aryl methyl sites for hydroxylation is 1. The Bertz CT molecular complexity index is 722. The average molecular weight is 344 g/mol. The van der Waals surface area contributed by atoms with E-state index in [2.05, 4.69) is 10.6 Å². The zero-order chi connectivity index (χ0) is 18.4. The van der Waals surface area contributed by atoms with E-state index in [1.807, 2.05) is 61.1 Å². The van der Waals surface area contributed by atoms with Crippen LogP contribution in [0.4, 0.5) is 11.4 Å². The van der Waals surface area contributed by atoms with Crippen molar-refractivity contribution in [3.63, 3.8) is 0 Å². The second-order valence-corrected chi connectivity index (χ2v) is 6.00. The first-order valence-corrected chi connectivity index (χ1v) is 8.04. The standard InChI is InChI=1S/C18H24N4O3/c1-21(2)14-8-6-13(7-9-14)20-18(25)17(24)19-11-10-16(23)15-5-4-12-22(15)3/h4-9,12,16,23H,10-11H2,1-3H3,(H,19,24)(H,20,25). The van der Waals surface area contributed by atoms with Crippen molar-refractivity contribution in [2.75, 3.05) is 30.9 Å². The Morgan fingerprint density at radius 2 is 1.84 bits per heavy atom. The van der Waals surface area contributed by atoms with Crippen molar-refractivity contribution in [3.8, 4) is 0 Å². The molecule has 2 aromatic rings. The highest BCUT2D eigenvalue weighted by molar-refractivity contribution is 6.39. The lowest BCUT2D eigenvalue weighted by Crippen LogP contribution is -2.36. The maximum Gasteiger partial charge on any atom is 0.313 e. The zero-order valence-corrected chi connectivity index (χ0v) is 14.7. The molecule has 0 aliphatic heterocycles. The summed E-state index contributed by atoms with van der Waals surface area (Å²) in [5.74, 6) is -1.46. The molecule has 0 radical (unpaired) electrons. The Kier molecular flexibility index (Phi) is 6.19. The van der Waals surface area contributed by atoms with E-state index in [9.17, 15) is 14.7 Å². The largest absolute Gasteiger partial charge is 0.387 e. The number of nitrogens with one attached hydrogen (secondary N) is 2. The van der Waals surface area contributed by atoms with Crippen LogP contribution in [0.2, 0.25) is 0 Å². The van der Waals surface area contributed by atoms with Gasteiger partial charge in [-0.05, 0) is 42.8 Å². The number of hydrogen-bond acceptors (Lipinski definition) is 4. The highest BCUT2D eigenvalue weighted by Crippen LogP contribution is 2.16. The summed E-state index contributed by atoms with van der Waals surface area (Å²) in [7, 11) is 5.68. The van der Waals surface area contributed by atoms with Crippen LogP contribution in [0.3, 0.4) is 0 Å². The minimum Gasteiger partial charge on any atom is -0.387 e. The lowest BCUT2D eigenvalue weighted by atomic mass is 10.2. The number of amides is 2. The highest BCUT2D eigenvalue weighted by Gasteiger charge is 2.15. The molecule has 2 rings (SSSR count). The van der Waals surface area contributed by atoms with Crippen molar-refractivity contribution in [1.29, 1.82) is 0 Å². The molecule has 1 unspecified atom stereocenters. The fraction of sp³-hybridized carbons (Fsp3) is 0.333. The number of aliphatic hydroxyl groups excluding tert-OH is 1. The molecule has 0 spiro atoms. The molecular weight excluding hydrogens is 320 g/mol. The van der Waals surface area contributed by atoms with E-state index in [1.165, 1.54) is 0 Å². The lowest BCUT2D eigenvalue weighted by molar-refractivity contribution is -0.136. The molecule has 25 heavy (non-hydrogen) atoms. The van der Waals surface area contributed by atoms with Gasteiger partial charge in [0.05, 0.1) is 6.10 Å². The average Bonchev–Trinajstić information content (AvgIpc) is 3.01. The van der Waals surface area contributed by atoms with Gasteiger partial charge in [-0.25, -0.2) is 0 Å². The molecule has 0 aliphatic rings. The summed E-state index contributed by atoms with van der Waals surface area (Å²) in [4.78, 5) is 25.7. The molecule has 0 saturated carbocycles. The van der Waals surface area contributed by atoms with E-state index < -0.39 is 17.9 Å². The normalized spacial score (nSPS) is 11.7. The van der Waals surface area contributed by atoms with Crippen LogP contribution >= 0.6 is 0 Å². The monoisotopic (exact) mass is 344 g/mol. The predicted molar refractivity (Wildman–Crippen MR) is 97.4 cm³/mol. The Labute approximate surface area is 147 Å². The molecule has 7 heteroatoms. The van der Waals surface area contributed by atoms with Crippen LogP contribution in [-0.4, -0.2) is 42.1 Å². The molecule has 0 bridgehead atoms. The van der Waals surface area contributed by atoms with Crippen LogP contribution in [0, 0.1) is 0 Å². The molecular formula is C18H24N4O3. The second kappa shape index (κ2) is 8.34. The molecule has 1 aromatic heterocycles. The van der Waals surface area contributed by atoms with Crippen molar-refractivity contribution in [2.45, 2.75) is 12.5 Å². The third kappa shape index (κ3) is 5.09. The van der Waals surface area contributed by atoms with Crippen LogP contribution in [0.15, 0.2) is 42.6 Å². The van der Waals surface area contributed by atoms with Crippen molar-refractivity contribution < 1.29 is 14.7 Å².